The van der Waals surface area contributed by atoms with E-state index in [2.05, 4.69) is 10.4 Å². The summed E-state index contributed by atoms with van der Waals surface area (Å²) in [6, 6.07) is 12.6. The Morgan fingerprint density at radius 1 is 1.12 bits per heavy atom. The first-order chi connectivity index (χ1) is 12.2. The van der Waals surface area contributed by atoms with Gasteiger partial charge in [-0.1, -0.05) is 12.1 Å². The molecule has 1 saturated heterocycles. The van der Waals surface area contributed by atoms with Crippen molar-refractivity contribution in [2.75, 3.05) is 32.7 Å². The summed E-state index contributed by atoms with van der Waals surface area (Å²) in [7, 11) is 3.31. The van der Waals surface area contributed by atoms with Crippen LogP contribution in [0.1, 0.15) is 18.4 Å². The topological polar surface area (TPSA) is 33.7 Å². The standard InChI is InChI=1S/C20H25FN2O2/c1-24-19-10-9-17(21)13-16(19)12-15-6-5-11-23(14-15)22-18-7-3-4-8-20(18)25-2/h3-4,7-10,13,15,22H,5-6,11-12,14H2,1-2H3. The summed E-state index contributed by atoms with van der Waals surface area (Å²) in [6.45, 7) is 1.88. The quantitative estimate of drug-likeness (QED) is 0.854. The van der Waals surface area contributed by atoms with Gasteiger partial charge in [-0.25, -0.2) is 9.40 Å². The molecule has 0 spiro atoms. The van der Waals surface area contributed by atoms with Gasteiger partial charge in [-0.2, -0.15) is 0 Å². The average Bonchev–Trinajstić information content (AvgIpc) is 2.63. The van der Waals surface area contributed by atoms with Crippen molar-refractivity contribution in [2.45, 2.75) is 19.3 Å². The number of nitrogens with one attached hydrogen (secondary N) is 1. The van der Waals surface area contributed by atoms with Gasteiger partial charge in [0.25, 0.3) is 0 Å². The molecular formula is C20H25FN2O2. The molecule has 0 saturated carbocycles. The third-order valence-electron chi connectivity index (χ3n) is 4.66. The Labute approximate surface area is 148 Å². The first kappa shape index (κ1) is 17.5. The second kappa shape index (κ2) is 8.21. The monoisotopic (exact) mass is 344 g/mol. The largest absolute Gasteiger partial charge is 0.496 e. The fraction of sp³-hybridized carbons (Fsp3) is 0.400. The van der Waals surface area contributed by atoms with Crippen molar-refractivity contribution in [1.82, 2.24) is 5.01 Å². The molecule has 1 fully saturated rings. The molecule has 2 aromatic carbocycles. The molecule has 1 N–H and O–H groups in total. The van der Waals surface area contributed by atoms with Gasteiger partial charge >= 0.3 is 0 Å². The van der Waals surface area contributed by atoms with E-state index < -0.39 is 0 Å². The summed E-state index contributed by atoms with van der Waals surface area (Å²) in [4.78, 5) is 0. The summed E-state index contributed by atoms with van der Waals surface area (Å²) in [5.74, 6) is 1.83. The van der Waals surface area contributed by atoms with Crippen LogP contribution in [0, 0.1) is 11.7 Å². The van der Waals surface area contributed by atoms with E-state index in [1.807, 2.05) is 24.3 Å². The number of rotatable bonds is 6. The number of halogens is 1. The number of hydrazine groups is 1. The number of piperidine rings is 1. The molecule has 25 heavy (non-hydrogen) atoms. The highest BCUT2D eigenvalue weighted by Crippen LogP contribution is 2.29. The van der Waals surface area contributed by atoms with Crippen LogP contribution in [0.2, 0.25) is 0 Å². The van der Waals surface area contributed by atoms with E-state index >= 15 is 0 Å². The molecule has 4 nitrogen and oxygen atoms in total. The Balaban J connectivity index is 1.66. The smallest absolute Gasteiger partial charge is 0.143 e. The first-order valence-electron chi connectivity index (χ1n) is 8.66. The van der Waals surface area contributed by atoms with Crippen LogP contribution in [0.3, 0.4) is 0 Å². The normalized spacial score (nSPS) is 18.0. The molecule has 5 heteroatoms. The molecule has 0 bridgehead atoms. The van der Waals surface area contributed by atoms with Crippen LogP contribution >= 0.6 is 0 Å². The van der Waals surface area contributed by atoms with Crippen molar-refractivity contribution >= 4 is 5.69 Å². The number of benzene rings is 2. The molecule has 1 aliphatic heterocycles. The van der Waals surface area contributed by atoms with Crippen molar-refractivity contribution < 1.29 is 13.9 Å². The van der Waals surface area contributed by atoms with Gasteiger partial charge in [-0.05, 0) is 61.1 Å². The maximum absolute atomic E-state index is 13.6. The van der Waals surface area contributed by atoms with Crippen molar-refractivity contribution in [3.8, 4) is 11.5 Å². The predicted octanol–water partition coefficient (Wildman–Crippen LogP) is 4.12. The molecule has 1 aliphatic rings. The number of nitrogens with zero attached hydrogens (tertiary/aromatic N) is 1. The zero-order valence-corrected chi connectivity index (χ0v) is 14.8. The third-order valence-corrected chi connectivity index (χ3v) is 4.66. The summed E-state index contributed by atoms with van der Waals surface area (Å²) in [6.07, 6.45) is 3.04. The Kier molecular flexibility index (Phi) is 5.76. The maximum Gasteiger partial charge on any atom is 0.143 e. The maximum atomic E-state index is 13.6. The van der Waals surface area contributed by atoms with E-state index in [0.717, 1.165) is 55.1 Å². The lowest BCUT2D eigenvalue weighted by Crippen LogP contribution is -2.40. The summed E-state index contributed by atoms with van der Waals surface area (Å²) < 4.78 is 24.4. The molecule has 1 heterocycles. The second-order valence-corrected chi connectivity index (χ2v) is 6.43. The molecule has 2 aromatic rings. The van der Waals surface area contributed by atoms with E-state index in [-0.39, 0.29) is 5.82 Å². The van der Waals surface area contributed by atoms with Crippen LogP contribution in [0.5, 0.6) is 11.5 Å². The van der Waals surface area contributed by atoms with Gasteiger partial charge in [0.05, 0.1) is 19.9 Å². The molecule has 0 aromatic heterocycles. The van der Waals surface area contributed by atoms with Crippen molar-refractivity contribution in [1.29, 1.82) is 0 Å². The van der Waals surface area contributed by atoms with Crippen molar-refractivity contribution in [3.63, 3.8) is 0 Å². The van der Waals surface area contributed by atoms with Crippen molar-refractivity contribution in [3.05, 3.63) is 53.8 Å². The molecule has 1 unspecified atom stereocenters. The molecule has 0 aliphatic carbocycles. The summed E-state index contributed by atoms with van der Waals surface area (Å²) in [5.41, 5.74) is 5.36. The van der Waals surface area contributed by atoms with E-state index in [1.54, 1.807) is 26.4 Å². The molecular weight excluding hydrogens is 319 g/mol. The number of hydrogen-bond acceptors (Lipinski definition) is 4. The minimum atomic E-state index is -0.212. The zero-order chi connectivity index (χ0) is 17.6. The molecule has 3 rings (SSSR count). The van der Waals surface area contributed by atoms with Crippen LogP contribution < -0.4 is 14.9 Å². The lowest BCUT2D eigenvalue weighted by Gasteiger charge is -2.34. The Morgan fingerprint density at radius 2 is 1.92 bits per heavy atom. The summed E-state index contributed by atoms with van der Waals surface area (Å²) >= 11 is 0. The molecule has 0 radical (unpaired) electrons. The molecule has 134 valence electrons. The van der Waals surface area contributed by atoms with Crippen LogP contribution in [0.15, 0.2) is 42.5 Å². The highest BCUT2D eigenvalue weighted by molar-refractivity contribution is 5.55. The SMILES string of the molecule is COc1ccc(F)cc1CC1CCCN(Nc2ccccc2OC)C1. The number of methoxy groups -OCH3 is 2. The lowest BCUT2D eigenvalue weighted by molar-refractivity contribution is 0.205. The average molecular weight is 344 g/mol. The number of para-hydroxylation sites is 2. The minimum absolute atomic E-state index is 0.212. The van der Waals surface area contributed by atoms with E-state index in [1.165, 1.54) is 6.07 Å². The minimum Gasteiger partial charge on any atom is -0.496 e. The van der Waals surface area contributed by atoms with Crippen molar-refractivity contribution in [2.24, 2.45) is 5.92 Å². The third kappa shape index (κ3) is 4.42. The summed E-state index contributed by atoms with van der Waals surface area (Å²) in [5, 5.41) is 2.22. The number of hydrogen-bond donors (Lipinski definition) is 1. The van der Waals surface area contributed by atoms with Gasteiger partial charge in [0.15, 0.2) is 0 Å². The first-order valence-corrected chi connectivity index (χ1v) is 8.66. The van der Waals surface area contributed by atoms with Gasteiger partial charge < -0.3 is 14.9 Å². The van der Waals surface area contributed by atoms with Gasteiger partial charge in [0.2, 0.25) is 0 Å². The predicted molar refractivity (Wildman–Crippen MR) is 97.6 cm³/mol. The fourth-order valence-corrected chi connectivity index (χ4v) is 3.46. The van der Waals surface area contributed by atoms with Crippen LogP contribution in [-0.4, -0.2) is 32.3 Å². The van der Waals surface area contributed by atoms with Gasteiger partial charge in [0.1, 0.15) is 17.3 Å². The Bertz CT molecular complexity index is 708. The number of ether oxygens (including phenoxy) is 2. The number of anilines is 1. The Hall–Kier alpha value is -2.27. The van der Waals surface area contributed by atoms with Gasteiger partial charge in [-0.3, -0.25) is 0 Å². The Morgan fingerprint density at radius 3 is 2.72 bits per heavy atom. The van der Waals surface area contributed by atoms with Gasteiger partial charge in [-0.15, -0.1) is 0 Å². The van der Waals surface area contributed by atoms with Crippen LogP contribution in [-0.2, 0) is 6.42 Å². The lowest BCUT2D eigenvalue weighted by atomic mass is 9.91. The van der Waals surface area contributed by atoms with Crippen LogP contribution in [0.4, 0.5) is 10.1 Å². The van der Waals surface area contributed by atoms with E-state index in [9.17, 15) is 4.39 Å². The van der Waals surface area contributed by atoms with Gasteiger partial charge in [0, 0.05) is 13.1 Å². The van der Waals surface area contributed by atoms with E-state index in [4.69, 9.17) is 9.47 Å². The highest BCUT2D eigenvalue weighted by atomic mass is 19.1. The fourth-order valence-electron chi connectivity index (χ4n) is 3.46. The molecule has 0 amide bonds. The zero-order valence-electron chi connectivity index (χ0n) is 14.8. The second-order valence-electron chi connectivity index (χ2n) is 6.43. The molecule has 1 atom stereocenters. The van der Waals surface area contributed by atoms with E-state index in [0.29, 0.717) is 5.92 Å². The van der Waals surface area contributed by atoms with Crippen LogP contribution in [0.25, 0.3) is 0 Å². The highest BCUT2D eigenvalue weighted by Gasteiger charge is 2.22.